The minimum Gasteiger partial charge on any atom is -0.349 e. The number of aromatic nitrogens is 1. The monoisotopic (exact) mass is 314 g/mol. The first kappa shape index (κ1) is 17.4. The maximum atomic E-state index is 12.2. The Morgan fingerprint density at radius 2 is 1.95 bits per heavy atom. The first-order valence-electron chi connectivity index (χ1n) is 6.59. The average molecular weight is 314 g/mol. The van der Waals surface area contributed by atoms with Crippen molar-refractivity contribution >= 4 is 21.6 Å². The third-order valence-corrected chi connectivity index (χ3v) is 3.88. The normalized spacial score (nSPS) is 13.0. The molecule has 0 aliphatic carbocycles. The van der Waals surface area contributed by atoms with Crippen LogP contribution in [-0.4, -0.2) is 37.4 Å². The molecule has 0 aromatic carbocycles. The van der Waals surface area contributed by atoms with E-state index in [2.05, 4.69) is 15.7 Å². The molecule has 1 amide bonds. The molecule has 1 aromatic rings. The van der Waals surface area contributed by atoms with E-state index in [-0.39, 0.29) is 17.6 Å². The average Bonchev–Trinajstić information content (AvgIpc) is 2.35. The Hall–Kier alpha value is -1.67. The highest BCUT2D eigenvalue weighted by Crippen LogP contribution is 2.17. The quantitative estimate of drug-likeness (QED) is 0.525. The summed E-state index contributed by atoms with van der Waals surface area (Å²) in [7, 11) is -3.15. The molecule has 4 N–H and O–H groups in total. The summed E-state index contributed by atoms with van der Waals surface area (Å²) < 4.78 is 22.4. The van der Waals surface area contributed by atoms with Gasteiger partial charge in [-0.25, -0.2) is 19.2 Å². The molecule has 1 unspecified atom stereocenters. The van der Waals surface area contributed by atoms with Crippen LogP contribution in [0.4, 0.5) is 5.82 Å². The molecule has 8 heteroatoms. The smallest absolute Gasteiger partial charge is 0.251 e. The fraction of sp³-hybridized carbons (Fsp3) is 0.538. The van der Waals surface area contributed by atoms with E-state index in [9.17, 15) is 13.2 Å². The van der Waals surface area contributed by atoms with E-state index in [0.717, 1.165) is 11.9 Å². The van der Waals surface area contributed by atoms with Crippen LogP contribution in [0.1, 0.15) is 42.7 Å². The third-order valence-electron chi connectivity index (χ3n) is 2.78. The van der Waals surface area contributed by atoms with Crippen molar-refractivity contribution < 1.29 is 13.2 Å². The van der Waals surface area contributed by atoms with Crippen molar-refractivity contribution in [3.05, 3.63) is 23.4 Å². The summed E-state index contributed by atoms with van der Waals surface area (Å²) >= 11 is 0. The van der Waals surface area contributed by atoms with E-state index in [1.165, 1.54) is 6.07 Å². The predicted molar refractivity (Wildman–Crippen MR) is 82.8 cm³/mol. The van der Waals surface area contributed by atoms with Crippen LogP contribution in [0.5, 0.6) is 0 Å². The third kappa shape index (κ3) is 5.68. The Labute approximate surface area is 125 Å². The summed E-state index contributed by atoms with van der Waals surface area (Å²) in [6, 6.07) is 2.72. The molecule has 1 atom stereocenters. The van der Waals surface area contributed by atoms with Crippen LogP contribution in [0.2, 0.25) is 0 Å². The molecule has 0 saturated carbocycles. The number of nitrogens with zero attached hydrogens (tertiary/aromatic N) is 1. The molecular formula is C13H22N4O3S. The summed E-state index contributed by atoms with van der Waals surface area (Å²) in [5.74, 6) is 5.41. The van der Waals surface area contributed by atoms with E-state index >= 15 is 0 Å². The number of nitrogen functional groups attached to an aromatic ring is 1. The number of nitrogens with two attached hydrogens (primary N) is 1. The Morgan fingerprint density at radius 1 is 1.33 bits per heavy atom. The minimum absolute atomic E-state index is 0.108. The van der Waals surface area contributed by atoms with Crippen LogP contribution in [0.3, 0.4) is 0 Å². The largest absolute Gasteiger partial charge is 0.349 e. The molecule has 0 aliphatic rings. The second-order valence-electron chi connectivity index (χ2n) is 5.43. The first-order chi connectivity index (χ1) is 9.62. The van der Waals surface area contributed by atoms with Gasteiger partial charge >= 0.3 is 0 Å². The van der Waals surface area contributed by atoms with Gasteiger partial charge in [-0.05, 0) is 25.0 Å². The van der Waals surface area contributed by atoms with Crippen LogP contribution >= 0.6 is 0 Å². The lowest BCUT2D eigenvalue weighted by molar-refractivity contribution is 0.0943. The Morgan fingerprint density at radius 3 is 2.43 bits per heavy atom. The summed E-state index contributed by atoms with van der Waals surface area (Å²) in [4.78, 5) is 16.4. The zero-order chi connectivity index (χ0) is 16.2. The highest BCUT2D eigenvalue weighted by molar-refractivity contribution is 7.90. The Kier molecular flexibility index (Phi) is 5.68. The number of carbonyl (C=O) groups excluding carboxylic acids is 1. The standard InChI is InChI=1S/C13H22N4O3S/c1-8(2)11-5-10(6-12(16-11)17-14)13(18)15-9(3)7-21(4,19)20/h5-6,8-9H,7,14H2,1-4H3,(H,15,18)(H,16,17). The van der Waals surface area contributed by atoms with E-state index in [1.54, 1.807) is 13.0 Å². The van der Waals surface area contributed by atoms with Crippen molar-refractivity contribution in [2.75, 3.05) is 17.4 Å². The van der Waals surface area contributed by atoms with Gasteiger partial charge in [-0.15, -0.1) is 0 Å². The van der Waals surface area contributed by atoms with Crippen molar-refractivity contribution in [2.24, 2.45) is 5.84 Å². The molecule has 0 aliphatic heterocycles. The van der Waals surface area contributed by atoms with Crippen molar-refractivity contribution in [1.82, 2.24) is 10.3 Å². The molecule has 21 heavy (non-hydrogen) atoms. The van der Waals surface area contributed by atoms with Crippen LogP contribution in [-0.2, 0) is 9.84 Å². The van der Waals surface area contributed by atoms with Gasteiger partial charge < -0.3 is 10.7 Å². The number of sulfone groups is 1. The number of nitrogens with one attached hydrogen (secondary N) is 2. The molecule has 1 aromatic heterocycles. The summed E-state index contributed by atoms with van der Waals surface area (Å²) in [6.07, 6.45) is 1.13. The predicted octanol–water partition coefficient (Wildman–Crippen LogP) is 0.654. The van der Waals surface area contributed by atoms with Crippen LogP contribution in [0.25, 0.3) is 0 Å². The van der Waals surface area contributed by atoms with Gasteiger partial charge in [0.25, 0.3) is 5.91 Å². The molecule has 0 saturated heterocycles. The Balaban J connectivity index is 2.94. The van der Waals surface area contributed by atoms with Gasteiger partial charge in [0.05, 0.1) is 5.75 Å². The second kappa shape index (κ2) is 6.86. The maximum Gasteiger partial charge on any atom is 0.251 e. The number of anilines is 1. The number of hydrogen-bond acceptors (Lipinski definition) is 6. The molecule has 0 radical (unpaired) electrons. The molecular weight excluding hydrogens is 292 g/mol. The van der Waals surface area contributed by atoms with Gasteiger partial charge in [0, 0.05) is 23.6 Å². The molecule has 118 valence electrons. The summed E-state index contributed by atoms with van der Waals surface area (Å²) in [5, 5.41) is 2.66. The van der Waals surface area contributed by atoms with Crippen LogP contribution in [0.15, 0.2) is 12.1 Å². The van der Waals surface area contributed by atoms with Gasteiger partial charge in [0.2, 0.25) is 0 Å². The molecule has 0 bridgehead atoms. The summed E-state index contributed by atoms with van der Waals surface area (Å²) in [6.45, 7) is 5.55. The zero-order valence-electron chi connectivity index (χ0n) is 12.7. The van der Waals surface area contributed by atoms with E-state index in [0.29, 0.717) is 11.4 Å². The lowest BCUT2D eigenvalue weighted by atomic mass is 10.1. The lowest BCUT2D eigenvalue weighted by Crippen LogP contribution is -2.37. The SMILES string of the molecule is CC(CS(C)(=O)=O)NC(=O)c1cc(NN)nc(C(C)C)c1. The van der Waals surface area contributed by atoms with Gasteiger partial charge in [-0.2, -0.15) is 0 Å². The van der Waals surface area contributed by atoms with Crippen molar-refractivity contribution in [2.45, 2.75) is 32.7 Å². The van der Waals surface area contributed by atoms with Gasteiger partial charge in [-0.1, -0.05) is 13.8 Å². The second-order valence-corrected chi connectivity index (χ2v) is 7.62. The minimum atomic E-state index is -3.15. The van der Waals surface area contributed by atoms with Crippen molar-refractivity contribution in [1.29, 1.82) is 0 Å². The molecule has 7 nitrogen and oxygen atoms in total. The first-order valence-corrected chi connectivity index (χ1v) is 8.65. The van der Waals surface area contributed by atoms with Crippen LogP contribution in [0, 0.1) is 0 Å². The molecule has 1 rings (SSSR count). The fourth-order valence-corrected chi connectivity index (χ4v) is 2.85. The highest BCUT2D eigenvalue weighted by Gasteiger charge is 2.16. The van der Waals surface area contributed by atoms with Crippen molar-refractivity contribution in [3.8, 4) is 0 Å². The van der Waals surface area contributed by atoms with Crippen molar-refractivity contribution in [3.63, 3.8) is 0 Å². The fourth-order valence-electron chi connectivity index (χ4n) is 1.86. The van der Waals surface area contributed by atoms with E-state index in [4.69, 9.17) is 5.84 Å². The van der Waals surface area contributed by atoms with Gasteiger partial charge in [0.1, 0.15) is 15.7 Å². The number of hydrazine groups is 1. The summed E-state index contributed by atoms with van der Waals surface area (Å²) in [5.41, 5.74) is 3.54. The van der Waals surface area contributed by atoms with Crippen LogP contribution < -0.4 is 16.6 Å². The van der Waals surface area contributed by atoms with E-state index in [1.807, 2.05) is 13.8 Å². The highest BCUT2D eigenvalue weighted by atomic mass is 32.2. The maximum absolute atomic E-state index is 12.2. The Bertz CT molecular complexity index is 614. The number of rotatable bonds is 6. The van der Waals surface area contributed by atoms with E-state index < -0.39 is 15.9 Å². The molecule has 0 fully saturated rings. The molecule has 1 heterocycles. The number of hydrogen-bond donors (Lipinski definition) is 3. The molecule has 0 spiro atoms. The van der Waals surface area contributed by atoms with Gasteiger partial charge in [-0.3, -0.25) is 4.79 Å². The number of carbonyl (C=O) groups is 1. The van der Waals surface area contributed by atoms with Gasteiger partial charge in [0.15, 0.2) is 0 Å². The zero-order valence-corrected chi connectivity index (χ0v) is 13.5. The number of pyridine rings is 1. The topological polar surface area (TPSA) is 114 Å². The number of amides is 1. The lowest BCUT2D eigenvalue weighted by Gasteiger charge is -2.14.